The van der Waals surface area contributed by atoms with E-state index in [1.54, 1.807) is 13.0 Å². The second kappa shape index (κ2) is 7.18. The summed E-state index contributed by atoms with van der Waals surface area (Å²) in [6, 6.07) is 1.94. The number of aryl methyl sites for hydroxylation is 1. The largest absolute Gasteiger partial charge is 0.465 e. The first-order valence-electron chi connectivity index (χ1n) is 6.07. The summed E-state index contributed by atoms with van der Waals surface area (Å²) in [5.41, 5.74) is 0.478. The molecule has 102 valence electrons. The zero-order valence-electron chi connectivity index (χ0n) is 11.4. The molecule has 0 aromatic carbocycles. The maximum absolute atomic E-state index is 11.4. The lowest BCUT2D eigenvalue weighted by Gasteiger charge is -2.12. The minimum Gasteiger partial charge on any atom is -0.465 e. The number of carbonyl (C=O) groups excluding carboxylic acids is 1. The molecule has 0 bridgehead atoms. The minimum absolute atomic E-state index is 0.233. The number of hydrogen-bond donors (Lipinski definition) is 1. The van der Waals surface area contributed by atoms with Crippen LogP contribution in [0.5, 0.6) is 0 Å². The van der Waals surface area contributed by atoms with E-state index in [4.69, 9.17) is 9.15 Å². The van der Waals surface area contributed by atoms with Crippen LogP contribution in [0.3, 0.4) is 0 Å². The third-order valence-corrected chi connectivity index (χ3v) is 2.57. The van der Waals surface area contributed by atoms with Gasteiger partial charge in [0, 0.05) is 12.6 Å². The zero-order valence-corrected chi connectivity index (χ0v) is 11.4. The highest BCUT2D eigenvalue weighted by atomic mass is 16.5. The van der Waals surface area contributed by atoms with Gasteiger partial charge in [0.1, 0.15) is 17.1 Å². The summed E-state index contributed by atoms with van der Waals surface area (Å²) in [6.45, 7) is 7.67. The Balaban J connectivity index is 2.50. The van der Waals surface area contributed by atoms with Crippen molar-refractivity contribution in [3.63, 3.8) is 0 Å². The van der Waals surface area contributed by atoms with Crippen molar-refractivity contribution in [2.24, 2.45) is 0 Å². The number of methoxy groups -OCH3 is 1. The Kier molecular flexibility index (Phi) is 5.88. The van der Waals surface area contributed by atoms with Crippen molar-refractivity contribution in [2.45, 2.75) is 33.4 Å². The normalized spacial score (nSPS) is 12.4. The number of ether oxygens (including phenoxy) is 2. The highest BCUT2D eigenvalue weighted by molar-refractivity contribution is 5.90. The van der Waals surface area contributed by atoms with Gasteiger partial charge in [-0.05, 0) is 26.8 Å². The molecule has 0 saturated heterocycles. The Bertz CT molecular complexity index is 386. The van der Waals surface area contributed by atoms with Crippen LogP contribution in [0, 0.1) is 6.92 Å². The van der Waals surface area contributed by atoms with E-state index in [-0.39, 0.29) is 12.0 Å². The molecule has 0 spiro atoms. The topological polar surface area (TPSA) is 60.7 Å². The average Bonchev–Trinajstić information content (AvgIpc) is 2.74. The highest BCUT2D eigenvalue weighted by Gasteiger charge is 2.15. The summed E-state index contributed by atoms with van der Waals surface area (Å²) in [5, 5.41) is 3.26. The quantitative estimate of drug-likeness (QED) is 0.754. The van der Waals surface area contributed by atoms with Crippen molar-refractivity contribution in [3.8, 4) is 0 Å². The smallest absolute Gasteiger partial charge is 0.341 e. The van der Waals surface area contributed by atoms with Crippen LogP contribution in [-0.2, 0) is 16.0 Å². The monoisotopic (exact) mass is 255 g/mol. The summed E-state index contributed by atoms with van der Waals surface area (Å²) in [7, 11) is 1.36. The fourth-order valence-corrected chi connectivity index (χ4v) is 1.57. The molecule has 5 nitrogen and oxygen atoms in total. The fraction of sp³-hybridized carbons (Fsp3) is 0.615. The summed E-state index contributed by atoms with van der Waals surface area (Å²) in [5.74, 6) is 0.928. The molecule has 0 radical (unpaired) electrons. The van der Waals surface area contributed by atoms with Crippen LogP contribution in [0.15, 0.2) is 10.5 Å². The fourth-order valence-electron chi connectivity index (χ4n) is 1.57. The highest BCUT2D eigenvalue weighted by Crippen LogP contribution is 2.15. The molecular formula is C13H21NO4. The number of nitrogens with one attached hydrogen (secondary N) is 1. The van der Waals surface area contributed by atoms with Gasteiger partial charge in [-0.25, -0.2) is 4.79 Å². The van der Waals surface area contributed by atoms with Crippen molar-refractivity contribution in [3.05, 3.63) is 23.2 Å². The van der Waals surface area contributed by atoms with E-state index >= 15 is 0 Å². The van der Waals surface area contributed by atoms with Crippen LogP contribution < -0.4 is 5.32 Å². The molecule has 5 heteroatoms. The molecule has 1 aromatic heterocycles. The maximum atomic E-state index is 11.4. The van der Waals surface area contributed by atoms with E-state index in [1.165, 1.54) is 7.11 Å². The van der Waals surface area contributed by atoms with E-state index in [2.05, 4.69) is 10.1 Å². The third-order valence-electron chi connectivity index (χ3n) is 2.57. The van der Waals surface area contributed by atoms with Crippen LogP contribution in [-0.4, -0.2) is 32.3 Å². The first-order chi connectivity index (χ1) is 8.58. The van der Waals surface area contributed by atoms with E-state index in [9.17, 15) is 4.79 Å². The van der Waals surface area contributed by atoms with E-state index in [1.807, 2.05) is 13.8 Å². The van der Waals surface area contributed by atoms with Gasteiger partial charge >= 0.3 is 5.97 Å². The molecule has 1 unspecified atom stereocenters. The summed E-state index contributed by atoms with van der Waals surface area (Å²) < 4.78 is 15.5. The minimum atomic E-state index is -0.370. The van der Waals surface area contributed by atoms with Gasteiger partial charge in [0.05, 0.1) is 20.3 Å². The molecule has 0 amide bonds. The Morgan fingerprint density at radius 2 is 2.28 bits per heavy atom. The summed E-state index contributed by atoms with van der Waals surface area (Å²) in [4.78, 5) is 11.4. The van der Waals surface area contributed by atoms with Gasteiger partial charge in [-0.15, -0.1) is 0 Å². The van der Waals surface area contributed by atoms with Crippen LogP contribution in [0.1, 0.15) is 35.7 Å². The molecule has 0 aliphatic heterocycles. The number of carbonyl (C=O) groups is 1. The number of hydrogen-bond acceptors (Lipinski definition) is 5. The number of rotatable bonds is 7. The molecule has 1 aromatic rings. The second-order valence-electron chi connectivity index (χ2n) is 4.12. The lowest BCUT2D eigenvalue weighted by atomic mass is 10.2. The SMILES string of the molecule is CCOCC(C)NCc1cc(C(=O)OC)c(C)o1. The Hall–Kier alpha value is -1.33. The Morgan fingerprint density at radius 3 is 2.89 bits per heavy atom. The van der Waals surface area contributed by atoms with Crippen molar-refractivity contribution in [1.82, 2.24) is 5.32 Å². The van der Waals surface area contributed by atoms with Crippen LogP contribution in [0.4, 0.5) is 0 Å². The first kappa shape index (κ1) is 14.7. The van der Waals surface area contributed by atoms with Gasteiger partial charge in [0.25, 0.3) is 0 Å². The predicted molar refractivity (Wildman–Crippen MR) is 67.6 cm³/mol. The van der Waals surface area contributed by atoms with Crippen molar-refractivity contribution < 1.29 is 18.7 Å². The standard InChI is InChI=1S/C13H21NO4/c1-5-17-8-9(2)14-7-11-6-12(10(3)18-11)13(15)16-4/h6,9,14H,5,7-8H2,1-4H3. The third kappa shape index (κ3) is 4.16. The Morgan fingerprint density at radius 1 is 1.56 bits per heavy atom. The first-order valence-corrected chi connectivity index (χ1v) is 6.07. The Labute approximate surface area is 107 Å². The molecule has 0 fully saturated rings. The van der Waals surface area contributed by atoms with E-state index in [0.717, 1.165) is 5.76 Å². The van der Waals surface area contributed by atoms with Crippen LogP contribution >= 0.6 is 0 Å². The van der Waals surface area contributed by atoms with Gasteiger partial charge in [0.15, 0.2) is 0 Å². The van der Waals surface area contributed by atoms with Crippen LogP contribution in [0.2, 0.25) is 0 Å². The van der Waals surface area contributed by atoms with Gasteiger partial charge < -0.3 is 19.2 Å². The zero-order chi connectivity index (χ0) is 13.5. The molecule has 0 aliphatic rings. The summed E-state index contributed by atoms with van der Waals surface area (Å²) >= 11 is 0. The van der Waals surface area contributed by atoms with Crippen molar-refractivity contribution in [1.29, 1.82) is 0 Å². The van der Waals surface area contributed by atoms with Gasteiger partial charge in [-0.1, -0.05) is 0 Å². The molecule has 1 N–H and O–H groups in total. The van der Waals surface area contributed by atoms with Gasteiger partial charge in [-0.2, -0.15) is 0 Å². The van der Waals surface area contributed by atoms with Gasteiger partial charge in [-0.3, -0.25) is 0 Å². The number of furan rings is 1. The predicted octanol–water partition coefficient (Wildman–Crippen LogP) is 1.89. The second-order valence-corrected chi connectivity index (χ2v) is 4.12. The molecule has 0 saturated carbocycles. The van der Waals surface area contributed by atoms with Crippen molar-refractivity contribution >= 4 is 5.97 Å². The lowest BCUT2D eigenvalue weighted by molar-refractivity contribution is 0.0599. The maximum Gasteiger partial charge on any atom is 0.341 e. The molecular weight excluding hydrogens is 234 g/mol. The van der Waals surface area contributed by atoms with Gasteiger partial charge in [0.2, 0.25) is 0 Å². The van der Waals surface area contributed by atoms with Crippen molar-refractivity contribution in [2.75, 3.05) is 20.3 Å². The molecule has 0 aliphatic carbocycles. The van der Waals surface area contributed by atoms with Crippen LogP contribution in [0.25, 0.3) is 0 Å². The van der Waals surface area contributed by atoms with E-state index in [0.29, 0.717) is 31.1 Å². The molecule has 18 heavy (non-hydrogen) atoms. The molecule has 1 heterocycles. The lowest BCUT2D eigenvalue weighted by Crippen LogP contribution is -2.29. The summed E-state index contributed by atoms with van der Waals surface area (Å²) in [6.07, 6.45) is 0. The number of esters is 1. The molecule has 1 rings (SSSR count). The van der Waals surface area contributed by atoms with E-state index < -0.39 is 0 Å². The average molecular weight is 255 g/mol. The molecule has 1 atom stereocenters.